The Morgan fingerprint density at radius 1 is 1.20 bits per heavy atom. The molecule has 1 aliphatic carbocycles. The summed E-state index contributed by atoms with van der Waals surface area (Å²) in [7, 11) is 0. The third-order valence-corrected chi connectivity index (χ3v) is 5.78. The summed E-state index contributed by atoms with van der Waals surface area (Å²) in [5.74, 6) is 0.124. The van der Waals surface area contributed by atoms with Crippen molar-refractivity contribution in [3.05, 3.63) is 41.5 Å². The molecule has 2 aliphatic rings. The number of anilines is 1. The monoisotopic (exact) mass is 413 g/mol. The largest absolute Gasteiger partial charge is 0.486 e. The highest BCUT2D eigenvalue weighted by atomic mass is 19.1. The molecule has 160 valence electrons. The Morgan fingerprint density at radius 3 is 2.63 bits per heavy atom. The van der Waals surface area contributed by atoms with Gasteiger partial charge in [0.2, 0.25) is 11.9 Å². The molecule has 2 aromatic rings. The van der Waals surface area contributed by atoms with Gasteiger partial charge in [0.25, 0.3) is 0 Å². The molecule has 0 unspecified atom stereocenters. The number of hydrogen-bond acceptors (Lipinski definition) is 7. The van der Waals surface area contributed by atoms with Crippen LogP contribution in [0.4, 0.5) is 10.1 Å². The molecule has 1 saturated carbocycles. The van der Waals surface area contributed by atoms with Gasteiger partial charge in [-0.05, 0) is 51.7 Å². The molecular weight excluding hydrogens is 385 g/mol. The van der Waals surface area contributed by atoms with Gasteiger partial charge in [-0.25, -0.2) is 9.38 Å². The fraction of sp³-hybridized carbons (Fsp3) is 0.476. The second-order valence-corrected chi connectivity index (χ2v) is 7.82. The van der Waals surface area contributed by atoms with Crippen LogP contribution in [0, 0.1) is 12.7 Å². The molecule has 1 aliphatic heterocycles. The van der Waals surface area contributed by atoms with Gasteiger partial charge in [0.1, 0.15) is 12.3 Å². The zero-order chi connectivity index (χ0) is 21.3. The number of hydrogen-bond donors (Lipinski definition) is 2. The van der Waals surface area contributed by atoms with Crippen LogP contribution in [-0.4, -0.2) is 27.4 Å². The number of guanidine groups is 2. The Bertz CT molecular complexity index is 991. The first-order valence-electron chi connectivity index (χ1n) is 10.4. The minimum Gasteiger partial charge on any atom is -0.486 e. The maximum atomic E-state index is 14.9. The van der Waals surface area contributed by atoms with Gasteiger partial charge in [0.15, 0.2) is 11.6 Å². The Kier molecular flexibility index (Phi) is 5.36. The SMILES string of the molecule is CCn1cc(COc2ccc(N3C(N)=NC(N)=NC34CCCCC4)cc2F)c(C)n1. The van der Waals surface area contributed by atoms with E-state index in [1.165, 1.54) is 6.07 Å². The minimum atomic E-state index is -0.602. The number of aliphatic imine (C=N–C) groups is 2. The number of nitrogens with zero attached hydrogens (tertiary/aromatic N) is 5. The number of rotatable bonds is 5. The van der Waals surface area contributed by atoms with Crippen LogP contribution in [0.1, 0.15) is 50.3 Å². The van der Waals surface area contributed by atoms with E-state index in [4.69, 9.17) is 16.2 Å². The zero-order valence-electron chi connectivity index (χ0n) is 17.4. The van der Waals surface area contributed by atoms with Crippen molar-refractivity contribution in [1.29, 1.82) is 0 Å². The van der Waals surface area contributed by atoms with Crippen LogP contribution in [0.15, 0.2) is 34.4 Å². The Hall–Kier alpha value is -3.10. The summed E-state index contributed by atoms with van der Waals surface area (Å²) in [6, 6.07) is 4.83. The van der Waals surface area contributed by atoms with E-state index >= 15 is 0 Å². The molecule has 8 nitrogen and oxygen atoms in total. The van der Waals surface area contributed by atoms with Crippen molar-refractivity contribution in [3.63, 3.8) is 0 Å². The lowest BCUT2D eigenvalue weighted by molar-refractivity contribution is 0.288. The van der Waals surface area contributed by atoms with Gasteiger partial charge in [-0.15, -0.1) is 0 Å². The molecule has 0 radical (unpaired) electrons. The van der Waals surface area contributed by atoms with Gasteiger partial charge >= 0.3 is 0 Å². The number of benzene rings is 1. The molecule has 0 bridgehead atoms. The van der Waals surface area contributed by atoms with Gasteiger partial charge in [0.05, 0.1) is 5.69 Å². The summed E-state index contributed by atoms with van der Waals surface area (Å²) in [6.07, 6.45) is 6.66. The standard InChI is InChI=1S/C21H28FN7O/c1-3-28-12-15(14(2)27-28)13-30-18-8-7-16(11-17(18)22)29-20(24)25-19(23)26-21(29)9-5-4-6-10-21/h7-8,11-12H,3-6,9-10,13H2,1-2H3,(H4,23,24,25,26). The number of aromatic nitrogens is 2. The Labute approximate surface area is 175 Å². The van der Waals surface area contributed by atoms with Crippen molar-refractivity contribution >= 4 is 17.6 Å². The van der Waals surface area contributed by atoms with E-state index in [0.29, 0.717) is 5.69 Å². The molecule has 1 spiro atoms. The van der Waals surface area contributed by atoms with Gasteiger partial charge in [-0.3, -0.25) is 9.58 Å². The maximum Gasteiger partial charge on any atom is 0.220 e. The first kappa shape index (κ1) is 20.2. The van der Waals surface area contributed by atoms with Crippen molar-refractivity contribution < 1.29 is 9.13 Å². The number of ether oxygens (including phenoxy) is 1. The average Bonchev–Trinajstić information content (AvgIpc) is 3.07. The van der Waals surface area contributed by atoms with Crippen molar-refractivity contribution in [1.82, 2.24) is 9.78 Å². The van der Waals surface area contributed by atoms with E-state index in [1.807, 2.05) is 29.6 Å². The molecule has 9 heteroatoms. The minimum absolute atomic E-state index is 0.175. The molecule has 1 fully saturated rings. The summed E-state index contributed by atoms with van der Waals surface area (Å²) in [5, 5.41) is 4.39. The number of halogens is 1. The van der Waals surface area contributed by atoms with E-state index in [2.05, 4.69) is 15.1 Å². The first-order chi connectivity index (χ1) is 14.4. The fourth-order valence-corrected chi connectivity index (χ4v) is 4.26. The molecule has 0 saturated heterocycles. The second-order valence-electron chi connectivity index (χ2n) is 7.82. The fourth-order valence-electron chi connectivity index (χ4n) is 4.26. The summed E-state index contributed by atoms with van der Waals surface area (Å²) in [5.41, 5.74) is 13.9. The molecule has 4 N–H and O–H groups in total. The number of nitrogens with two attached hydrogens (primary N) is 2. The summed E-state index contributed by atoms with van der Waals surface area (Å²) < 4.78 is 22.5. The Balaban J connectivity index is 1.57. The van der Waals surface area contributed by atoms with E-state index in [9.17, 15) is 4.39 Å². The second kappa shape index (κ2) is 7.97. The molecular formula is C21H28FN7O. The molecule has 30 heavy (non-hydrogen) atoms. The first-order valence-corrected chi connectivity index (χ1v) is 10.4. The highest BCUT2D eigenvalue weighted by Crippen LogP contribution is 2.40. The van der Waals surface area contributed by atoms with Crippen LogP contribution in [-0.2, 0) is 13.2 Å². The Morgan fingerprint density at radius 2 is 1.97 bits per heavy atom. The molecule has 0 atom stereocenters. The molecule has 2 heterocycles. The van der Waals surface area contributed by atoms with Gasteiger partial charge in [0, 0.05) is 30.1 Å². The van der Waals surface area contributed by atoms with Crippen LogP contribution < -0.4 is 21.1 Å². The van der Waals surface area contributed by atoms with Gasteiger partial charge in [-0.1, -0.05) is 6.42 Å². The lowest BCUT2D eigenvalue weighted by atomic mass is 9.87. The third-order valence-electron chi connectivity index (χ3n) is 5.78. The molecule has 1 aromatic carbocycles. The van der Waals surface area contributed by atoms with Crippen LogP contribution >= 0.6 is 0 Å². The van der Waals surface area contributed by atoms with Crippen LogP contribution in [0.5, 0.6) is 5.75 Å². The van der Waals surface area contributed by atoms with Gasteiger partial charge < -0.3 is 16.2 Å². The number of aryl methyl sites for hydroxylation is 2. The van der Waals surface area contributed by atoms with Crippen molar-refractivity contribution in [2.45, 2.75) is 64.8 Å². The van der Waals surface area contributed by atoms with E-state index in [-0.39, 0.29) is 24.3 Å². The normalized spacial score (nSPS) is 18.3. The predicted octanol–water partition coefficient (Wildman–Crippen LogP) is 3.04. The van der Waals surface area contributed by atoms with Crippen LogP contribution in [0.2, 0.25) is 0 Å². The highest BCUT2D eigenvalue weighted by Gasteiger charge is 2.42. The van der Waals surface area contributed by atoms with Crippen LogP contribution in [0.3, 0.4) is 0 Å². The van der Waals surface area contributed by atoms with Crippen molar-refractivity contribution in [2.24, 2.45) is 21.5 Å². The zero-order valence-corrected chi connectivity index (χ0v) is 17.4. The smallest absolute Gasteiger partial charge is 0.220 e. The van der Waals surface area contributed by atoms with Crippen molar-refractivity contribution in [2.75, 3.05) is 4.90 Å². The lowest BCUT2D eigenvalue weighted by Crippen LogP contribution is -2.58. The topological polar surface area (TPSA) is 107 Å². The quantitative estimate of drug-likeness (QED) is 0.783. The van der Waals surface area contributed by atoms with E-state index in [0.717, 1.165) is 49.9 Å². The van der Waals surface area contributed by atoms with Crippen molar-refractivity contribution in [3.8, 4) is 5.75 Å². The van der Waals surface area contributed by atoms with Crippen LogP contribution in [0.25, 0.3) is 0 Å². The van der Waals surface area contributed by atoms with E-state index in [1.54, 1.807) is 12.1 Å². The predicted molar refractivity (Wildman–Crippen MR) is 115 cm³/mol. The molecule has 1 aromatic heterocycles. The lowest BCUT2D eigenvalue weighted by Gasteiger charge is -2.45. The molecule has 0 amide bonds. The maximum absolute atomic E-state index is 14.9. The third kappa shape index (κ3) is 3.71. The average molecular weight is 414 g/mol. The summed E-state index contributed by atoms with van der Waals surface area (Å²) in [6.45, 7) is 4.96. The highest BCUT2D eigenvalue weighted by molar-refractivity contribution is 6.05. The molecule has 4 rings (SSSR count). The summed E-state index contributed by atoms with van der Waals surface area (Å²) in [4.78, 5) is 10.6. The van der Waals surface area contributed by atoms with Gasteiger partial charge in [-0.2, -0.15) is 10.1 Å². The van der Waals surface area contributed by atoms with E-state index < -0.39 is 11.5 Å². The summed E-state index contributed by atoms with van der Waals surface area (Å²) >= 11 is 0.